The van der Waals surface area contributed by atoms with Gasteiger partial charge in [-0.15, -0.1) is 0 Å². The lowest BCUT2D eigenvalue weighted by Gasteiger charge is -2.07. The smallest absolute Gasteiger partial charge is 0.0580 e. The molecule has 0 aromatic carbocycles. The molecule has 0 N–H and O–H groups in total. The van der Waals surface area contributed by atoms with Crippen molar-refractivity contribution in [1.82, 2.24) is 0 Å². The van der Waals surface area contributed by atoms with Gasteiger partial charge in [0.1, 0.15) is 0 Å². The third-order valence-corrected chi connectivity index (χ3v) is 1.02. The van der Waals surface area contributed by atoms with Crippen LogP contribution in [0.3, 0.4) is 0 Å². The zero-order chi connectivity index (χ0) is 7.28. The highest BCUT2D eigenvalue weighted by Crippen LogP contribution is 1.96. The highest BCUT2D eigenvalue weighted by atomic mass is 32.1. The molecule has 56 valence electrons. The molecule has 0 fully saturated rings. The molecule has 0 rings (SSSR count). The Bertz CT molecular complexity index is 56.1. The molecule has 0 aromatic heterocycles. The van der Waals surface area contributed by atoms with Gasteiger partial charge >= 0.3 is 0 Å². The zero-order valence-electron chi connectivity index (χ0n) is 5.87. The third-order valence-electron chi connectivity index (χ3n) is 0.718. The summed E-state index contributed by atoms with van der Waals surface area (Å²) in [6, 6.07) is 0. The number of thiol groups is 2. The summed E-state index contributed by atoms with van der Waals surface area (Å²) in [5, 5.41) is 0.661. The van der Waals surface area contributed by atoms with Crippen LogP contribution in [-0.2, 0) is 4.74 Å². The maximum absolute atomic E-state index is 5.20. The first-order chi connectivity index (χ1) is 4.13. The van der Waals surface area contributed by atoms with E-state index < -0.39 is 0 Å². The molecule has 1 nitrogen and oxygen atoms in total. The van der Waals surface area contributed by atoms with Gasteiger partial charge in [0.15, 0.2) is 0 Å². The minimum Gasteiger partial charge on any atom is -0.379 e. The highest BCUT2D eigenvalue weighted by molar-refractivity contribution is 7.81. The van der Waals surface area contributed by atoms with Crippen molar-refractivity contribution < 1.29 is 4.74 Å². The van der Waals surface area contributed by atoms with E-state index in [0.29, 0.717) is 23.7 Å². The van der Waals surface area contributed by atoms with Gasteiger partial charge in [-0.05, 0) is 0 Å². The average molecular weight is 166 g/mol. The number of ether oxygens (including phenoxy) is 1. The van der Waals surface area contributed by atoms with Crippen molar-refractivity contribution in [2.24, 2.45) is 0 Å². The summed E-state index contributed by atoms with van der Waals surface area (Å²) in [5.74, 6) is 0. The summed E-state index contributed by atoms with van der Waals surface area (Å²) >= 11 is 8.30. The largest absolute Gasteiger partial charge is 0.379 e. The first-order valence-electron chi connectivity index (χ1n) is 3.06. The van der Waals surface area contributed by atoms with Crippen LogP contribution in [0.2, 0.25) is 0 Å². The minimum atomic E-state index is 0.331. The Labute approximate surface area is 68.0 Å². The topological polar surface area (TPSA) is 9.23 Å². The number of hydrogen-bond acceptors (Lipinski definition) is 3. The van der Waals surface area contributed by atoms with Crippen LogP contribution in [0.5, 0.6) is 0 Å². The van der Waals surface area contributed by atoms with E-state index in [0.717, 1.165) is 0 Å². The molecule has 0 heterocycles. The molecule has 0 saturated carbocycles. The van der Waals surface area contributed by atoms with Gasteiger partial charge in [-0.1, -0.05) is 13.8 Å². The monoisotopic (exact) mass is 166 g/mol. The fourth-order valence-corrected chi connectivity index (χ4v) is 0.620. The summed E-state index contributed by atoms with van der Waals surface area (Å²) < 4.78 is 5.20. The Kier molecular flexibility index (Phi) is 5.84. The molecule has 9 heavy (non-hydrogen) atoms. The molecular formula is C6H14OS2. The number of hydrogen-bond donors (Lipinski definition) is 2. The Morgan fingerprint density at radius 1 is 1.11 bits per heavy atom. The normalized spacial score (nSPS) is 17.3. The lowest BCUT2D eigenvalue weighted by molar-refractivity contribution is 0.142. The van der Waals surface area contributed by atoms with Gasteiger partial charge in [0.05, 0.1) is 13.2 Å². The fraction of sp³-hybridized carbons (Fsp3) is 1.00. The maximum atomic E-state index is 5.20. The second-order valence-electron chi connectivity index (χ2n) is 2.24. The van der Waals surface area contributed by atoms with Crippen molar-refractivity contribution in [2.45, 2.75) is 24.3 Å². The fourth-order valence-electron chi connectivity index (χ4n) is 0.409. The Balaban J connectivity index is 2.91. The number of rotatable bonds is 4. The van der Waals surface area contributed by atoms with Crippen molar-refractivity contribution in [3.63, 3.8) is 0 Å². The summed E-state index contributed by atoms with van der Waals surface area (Å²) in [5.41, 5.74) is 0. The van der Waals surface area contributed by atoms with Gasteiger partial charge in [0.25, 0.3) is 0 Å². The Hall–Kier alpha value is 0.660. The van der Waals surface area contributed by atoms with Crippen LogP contribution in [0.1, 0.15) is 13.8 Å². The van der Waals surface area contributed by atoms with Crippen LogP contribution in [-0.4, -0.2) is 23.7 Å². The summed E-state index contributed by atoms with van der Waals surface area (Å²) in [7, 11) is 0. The zero-order valence-corrected chi connectivity index (χ0v) is 7.66. The van der Waals surface area contributed by atoms with Gasteiger partial charge in [0, 0.05) is 10.5 Å². The molecule has 0 aromatic rings. The summed E-state index contributed by atoms with van der Waals surface area (Å²) in [4.78, 5) is 0. The van der Waals surface area contributed by atoms with E-state index in [1.54, 1.807) is 0 Å². The molecule has 2 unspecified atom stereocenters. The van der Waals surface area contributed by atoms with Gasteiger partial charge in [0.2, 0.25) is 0 Å². The van der Waals surface area contributed by atoms with Crippen LogP contribution in [0.25, 0.3) is 0 Å². The van der Waals surface area contributed by atoms with Gasteiger partial charge in [-0.3, -0.25) is 0 Å². The van der Waals surface area contributed by atoms with Crippen LogP contribution in [0.4, 0.5) is 0 Å². The van der Waals surface area contributed by atoms with Crippen molar-refractivity contribution in [3.05, 3.63) is 0 Å². The van der Waals surface area contributed by atoms with E-state index >= 15 is 0 Å². The SMILES string of the molecule is CC(S)COCC(C)S. The standard InChI is InChI=1S/C6H14OS2/c1-5(8)3-7-4-6(2)9/h5-6,8-9H,3-4H2,1-2H3. The molecule has 0 aliphatic heterocycles. The molecule has 0 saturated heterocycles. The minimum absolute atomic E-state index is 0.331. The quantitative estimate of drug-likeness (QED) is 0.604. The van der Waals surface area contributed by atoms with Crippen LogP contribution in [0.15, 0.2) is 0 Å². The molecule has 3 heteroatoms. The van der Waals surface area contributed by atoms with Crippen molar-refractivity contribution >= 4 is 25.3 Å². The molecule has 0 aliphatic carbocycles. The van der Waals surface area contributed by atoms with Crippen LogP contribution < -0.4 is 0 Å². The molecule has 0 radical (unpaired) electrons. The lowest BCUT2D eigenvalue weighted by Crippen LogP contribution is -2.10. The second kappa shape index (κ2) is 5.45. The molecule has 0 aliphatic rings. The first-order valence-corrected chi connectivity index (χ1v) is 4.10. The van der Waals surface area contributed by atoms with Crippen molar-refractivity contribution in [1.29, 1.82) is 0 Å². The van der Waals surface area contributed by atoms with Crippen LogP contribution >= 0.6 is 25.3 Å². The Morgan fingerprint density at radius 2 is 1.44 bits per heavy atom. The van der Waals surface area contributed by atoms with Gasteiger partial charge in [-0.25, -0.2) is 0 Å². The van der Waals surface area contributed by atoms with E-state index in [2.05, 4.69) is 25.3 Å². The van der Waals surface area contributed by atoms with Crippen molar-refractivity contribution in [2.75, 3.05) is 13.2 Å². The first kappa shape index (κ1) is 9.66. The lowest BCUT2D eigenvalue weighted by atomic mass is 10.5. The average Bonchev–Trinajstić information content (AvgIpc) is 1.63. The van der Waals surface area contributed by atoms with Crippen molar-refractivity contribution in [3.8, 4) is 0 Å². The van der Waals surface area contributed by atoms with Crippen LogP contribution in [0, 0.1) is 0 Å². The summed E-state index contributed by atoms with van der Waals surface area (Å²) in [6.45, 7) is 5.45. The van der Waals surface area contributed by atoms with E-state index in [1.807, 2.05) is 13.8 Å². The summed E-state index contributed by atoms with van der Waals surface area (Å²) in [6.07, 6.45) is 0. The predicted octanol–water partition coefficient (Wildman–Crippen LogP) is 1.64. The molecular weight excluding hydrogens is 152 g/mol. The molecule has 0 amide bonds. The molecule has 0 spiro atoms. The second-order valence-corrected chi connectivity index (χ2v) is 4.00. The predicted molar refractivity (Wildman–Crippen MR) is 47.7 cm³/mol. The molecule has 2 atom stereocenters. The third kappa shape index (κ3) is 8.66. The Morgan fingerprint density at radius 3 is 1.67 bits per heavy atom. The molecule has 0 bridgehead atoms. The van der Waals surface area contributed by atoms with E-state index in [-0.39, 0.29) is 0 Å². The highest BCUT2D eigenvalue weighted by Gasteiger charge is 1.96. The van der Waals surface area contributed by atoms with Gasteiger partial charge < -0.3 is 4.74 Å². The van der Waals surface area contributed by atoms with E-state index in [1.165, 1.54) is 0 Å². The van der Waals surface area contributed by atoms with E-state index in [4.69, 9.17) is 4.74 Å². The van der Waals surface area contributed by atoms with E-state index in [9.17, 15) is 0 Å². The van der Waals surface area contributed by atoms with Gasteiger partial charge in [-0.2, -0.15) is 25.3 Å². The maximum Gasteiger partial charge on any atom is 0.0580 e.